The molecule has 1 unspecified atom stereocenters. The number of thioether (sulfide) groups is 1. The van der Waals surface area contributed by atoms with E-state index in [1.807, 2.05) is 13.0 Å². The Morgan fingerprint density at radius 2 is 2.08 bits per heavy atom. The topological polar surface area (TPSA) is 80.0 Å². The van der Waals surface area contributed by atoms with E-state index in [4.69, 9.17) is 9.25 Å². The van der Waals surface area contributed by atoms with Crippen LogP contribution in [0, 0.1) is 28.6 Å². The van der Waals surface area contributed by atoms with E-state index < -0.39 is 40.3 Å². The summed E-state index contributed by atoms with van der Waals surface area (Å²) in [4.78, 5) is 32.9. The molecule has 9 atom stereocenters. The van der Waals surface area contributed by atoms with Crippen LogP contribution in [0.5, 0.6) is 0 Å². The second-order valence-electron chi connectivity index (χ2n) is 12.6. The predicted molar refractivity (Wildman–Crippen MR) is 143 cm³/mol. The quantitative estimate of drug-likeness (QED) is 0.468. The molecule has 9 heteroatoms. The number of rotatable bonds is 6. The summed E-state index contributed by atoms with van der Waals surface area (Å²) in [5, 5.41) is 13.4. The standard InChI is InChI=1S/C30H37F2NO5S/c1-4-5-10-39-26(36)30-19(16-33(38-30)15-18-7-9-37-17-18)11-21-22-13-24(31)23-12-20(34)6-8-27(23,2)29(22,32)25(35)14-28(21,30)3/h6-9,12,17,19,21-22,24-25,35H,4-5,10-11,13-16H2,1-3H3/t19-,21?,22-,24-,25-,27-,28-,29-,30-/m0/s1. The van der Waals surface area contributed by atoms with Crippen molar-refractivity contribution in [3.63, 3.8) is 0 Å². The maximum absolute atomic E-state index is 17.5. The number of carbonyl (C=O) groups excluding carboxylic acids is 2. The fourth-order valence-corrected chi connectivity index (χ4v) is 10.0. The minimum Gasteiger partial charge on any atom is -0.472 e. The Hall–Kier alpha value is -1.81. The summed E-state index contributed by atoms with van der Waals surface area (Å²) in [6.45, 7) is 6.55. The molecule has 1 aliphatic heterocycles. The molecule has 212 valence electrons. The van der Waals surface area contributed by atoms with Gasteiger partial charge in [0.1, 0.15) is 6.17 Å². The molecular formula is C30H37F2NO5S. The van der Waals surface area contributed by atoms with Crippen LogP contribution in [0.2, 0.25) is 0 Å². The summed E-state index contributed by atoms with van der Waals surface area (Å²) in [5.41, 5.74) is -4.73. The third-order valence-corrected chi connectivity index (χ3v) is 11.7. The van der Waals surface area contributed by atoms with Crippen molar-refractivity contribution >= 4 is 22.7 Å². The van der Waals surface area contributed by atoms with Crippen LogP contribution >= 0.6 is 11.8 Å². The number of allylic oxidation sites excluding steroid dienone is 4. The van der Waals surface area contributed by atoms with Crippen LogP contribution in [0.25, 0.3) is 0 Å². The maximum atomic E-state index is 17.5. The lowest BCUT2D eigenvalue weighted by Crippen LogP contribution is -2.70. The smallest absolute Gasteiger partial charge is 0.223 e. The molecule has 39 heavy (non-hydrogen) atoms. The van der Waals surface area contributed by atoms with E-state index in [1.165, 1.54) is 30.0 Å². The molecule has 5 aliphatic rings. The van der Waals surface area contributed by atoms with E-state index in [-0.39, 0.29) is 41.1 Å². The fourth-order valence-electron chi connectivity index (χ4n) is 8.76. The summed E-state index contributed by atoms with van der Waals surface area (Å²) in [5.74, 6) is -1.13. The minimum atomic E-state index is -2.17. The molecule has 0 aromatic carbocycles. The molecule has 4 fully saturated rings. The zero-order valence-electron chi connectivity index (χ0n) is 22.7. The Morgan fingerprint density at radius 1 is 1.28 bits per heavy atom. The fraction of sp³-hybridized carbons (Fsp3) is 0.667. The lowest BCUT2D eigenvalue weighted by atomic mass is 9.44. The van der Waals surface area contributed by atoms with Gasteiger partial charge in [-0.1, -0.05) is 38.1 Å². The highest BCUT2D eigenvalue weighted by molar-refractivity contribution is 8.13. The van der Waals surface area contributed by atoms with Gasteiger partial charge in [-0.2, -0.15) is 5.06 Å². The van der Waals surface area contributed by atoms with E-state index in [0.717, 1.165) is 18.4 Å². The molecule has 0 bridgehead atoms. The van der Waals surface area contributed by atoms with Crippen molar-refractivity contribution in [3.8, 4) is 0 Å². The first kappa shape index (κ1) is 27.4. The number of fused-ring (bicyclic) bond motifs is 7. The number of aliphatic hydroxyl groups excluding tert-OH is 1. The number of hydrogen-bond acceptors (Lipinski definition) is 7. The van der Waals surface area contributed by atoms with Crippen molar-refractivity contribution < 1.29 is 32.7 Å². The van der Waals surface area contributed by atoms with Gasteiger partial charge >= 0.3 is 0 Å². The van der Waals surface area contributed by atoms with Crippen molar-refractivity contribution in [3.05, 3.63) is 48.0 Å². The molecule has 0 spiro atoms. The number of ketones is 1. The molecule has 2 heterocycles. The molecule has 3 saturated carbocycles. The van der Waals surface area contributed by atoms with E-state index in [2.05, 4.69) is 6.92 Å². The van der Waals surface area contributed by atoms with Crippen LogP contribution in [-0.4, -0.2) is 56.9 Å². The summed E-state index contributed by atoms with van der Waals surface area (Å²) in [6.07, 6.45) is 6.46. The molecule has 4 aliphatic carbocycles. The second kappa shape index (κ2) is 9.36. The van der Waals surface area contributed by atoms with Crippen LogP contribution in [0.4, 0.5) is 8.78 Å². The van der Waals surface area contributed by atoms with E-state index in [0.29, 0.717) is 25.3 Å². The van der Waals surface area contributed by atoms with Gasteiger partial charge in [-0.3, -0.25) is 14.4 Å². The van der Waals surface area contributed by atoms with E-state index in [9.17, 15) is 14.7 Å². The van der Waals surface area contributed by atoms with Gasteiger partial charge in [0.25, 0.3) is 0 Å². The number of aliphatic hydroxyl groups is 1. The zero-order valence-corrected chi connectivity index (χ0v) is 23.5. The van der Waals surface area contributed by atoms with Gasteiger partial charge < -0.3 is 9.52 Å². The summed E-state index contributed by atoms with van der Waals surface area (Å²) in [7, 11) is 0. The maximum Gasteiger partial charge on any atom is 0.223 e. The number of furan rings is 1. The number of unbranched alkanes of at least 4 members (excludes halogenated alkanes) is 1. The predicted octanol–water partition coefficient (Wildman–Crippen LogP) is 5.37. The van der Waals surface area contributed by atoms with Gasteiger partial charge in [-0.15, -0.1) is 0 Å². The number of carbonyl (C=O) groups is 2. The molecule has 1 saturated heterocycles. The number of alkyl halides is 2. The molecule has 1 aromatic heterocycles. The van der Waals surface area contributed by atoms with Crippen LogP contribution < -0.4 is 0 Å². The first-order valence-corrected chi connectivity index (χ1v) is 15.1. The number of halogens is 2. The summed E-state index contributed by atoms with van der Waals surface area (Å²) >= 11 is 1.26. The summed E-state index contributed by atoms with van der Waals surface area (Å²) in [6, 6.07) is 1.85. The van der Waals surface area contributed by atoms with E-state index in [1.54, 1.807) is 24.5 Å². The Labute approximate surface area is 232 Å². The average molecular weight is 562 g/mol. The highest BCUT2D eigenvalue weighted by atomic mass is 32.2. The van der Waals surface area contributed by atoms with Crippen molar-refractivity contribution in [2.45, 2.75) is 83.0 Å². The molecule has 6 nitrogen and oxygen atoms in total. The van der Waals surface area contributed by atoms with Gasteiger partial charge in [0.15, 0.2) is 17.1 Å². The van der Waals surface area contributed by atoms with Crippen molar-refractivity contribution in [2.75, 3.05) is 12.3 Å². The van der Waals surface area contributed by atoms with Crippen molar-refractivity contribution in [1.29, 1.82) is 0 Å². The van der Waals surface area contributed by atoms with Gasteiger partial charge in [-0.25, -0.2) is 8.78 Å². The Bertz CT molecular complexity index is 1220. The molecule has 0 amide bonds. The highest BCUT2D eigenvalue weighted by Gasteiger charge is 2.79. The number of hydrogen-bond donors (Lipinski definition) is 1. The lowest BCUT2D eigenvalue weighted by Gasteiger charge is -2.63. The Balaban J connectivity index is 1.40. The van der Waals surface area contributed by atoms with Gasteiger partial charge in [-0.05, 0) is 62.3 Å². The Kier molecular flexibility index (Phi) is 6.57. The monoisotopic (exact) mass is 561 g/mol. The van der Waals surface area contributed by atoms with E-state index >= 15 is 8.78 Å². The molecule has 1 N–H and O–H groups in total. The first-order valence-electron chi connectivity index (χ1n) is 14.1. The number of nitrogens with zero attached hydrogens (tertiary/aromatic N) is 1. The van der Waals surface area contributed by atoms with Crippen LogP contribution in [0.15, 0.2) is 46.8 Å². The van der Waals surface area contributed by atoms with Crippen molar-refractivity contribution in [1.82, 2.24) is 5.06 Å². The minimum absolute atomic E-state index is 0.0163. The summed E-state index contributed by atoms with van der Waals surface area (Å²) < 4.78 is 38.6. The van der Waals surface area contributed by atoms with Crippen LogP contribution in [-0.2, 0) is 21.0 Å². The first-order chi connectivity index (χ1) is 18.5. The third-order valence-electron chi connectivity index (χ3n) is 10.7. The highest BCUT2D eigenvalue weighted by Crippen LogP contribution is 2.73. The average Bonchev–Trinajstić information content (AvgIpc) is 3.58. The normalized spacial score (nSPS) is 44.9. The lowest BCUT2D eigenvalue weighted by molar-refractivity contribution is -0.266. The van der Waals surface area contributed by atoms with Crippen molar-refractivity contribution in [2.24, 2.45) is 28.6 Å². The molecular weight excluding hydrogens is 524 g/mol. The molecule has 0 radical (unpaired) electrons. The van der Waals surface area contributed by atoms with Gasteiger partial charge in [0.2, 0.25) is 5.12 Å². The SMILES string of the molecule is CCCCSC(=O)[C@@]12ON(Cc3ccoc3)C[C@@H]1CC1[C@@H]3C[C@H](F)C4=CC(=O)C=C[C@]4(C)[C@@]3(F)[C@@H](O)C[C@@]12C. The molecule has 1 aromatic rings. The van der Waals surface area contributed by atoms with Gasteiger partial charge in [0.05, 0.1) is 25.2 Å². The third kappa shape index (κ3) is 3.61. The zero-order chi connectivity index (χ0) is 27.8. The number of hydroxylamine groups is 2. The molecule has 6 rings (SSSR count). The van der Waals surface area contributed by atoms with Crippen LogP contribution in [0.1, 0.15) is 58.4 Å². The largest absolute Gasteiger partial charge is 0.472 e. The van der Waals surface area contributed by atoms with Crippen LogP contribution in [0.3, 0.4) is 0 Å². The Morgan fingerprint density at radius 3 is 2.79 bits per heavy atom. The second-order valence-corrected chi connectivity index (χ2v) is 13.6. The van der Waals surface area contributed by atoms with Gasteiger partial charge in [0, 0.05) is 40.5 Å².